The number of sulfonamides is 1. The third kappa shape index (κ3) is 4.19. The Hall–Kier alpha value is -2.29. The highest BCUT2D eigenvalue weighted by atomic mass is 32.2. The molecule has 8 heteroatoms. The molecule has 29 heavy (non-hydrogen) atoms. The van der Waals surface area contributed by atoms with Crippen LogP contribution in [0.4, 0.5) is 5.69 Å². The zero-order valence-electron chi connectivity index (χ0n) is 16.4. The second-order valence-electron chi connectivity index (χ2n) is 7.78. The quantitative estimate of drug-likeness (QED) is 0.829. The molecule has 1 aromatic carbocycles. The van der Waals surface area contributed by atoms with Gasteiger partial charge in [-0.3, -0.25) is 9.78 Å². The van der Waals surface area contributed by atoms with E-state index in [1.807, 2.05) is 13.0 Å². The lowest BCUT2D eigenvalue weighted by molar-refractivity contribution is -0.134. The highest BCUT2D eigenvalue weighted by Crippen LogP contribution is 2.40. The van der Waals surface area contributed by atoms with E-state index in [0.717, 1.165) is 12.0 Å². The summed E-state index contributed by atoms with van der Waals surface area (Å²) in [5.74, 6) is -0.176. The van der Waals surface area contributed by atoms with Gasteiger partial charge in [0, 0.05) is 19.3 Å². The van der Waals surface area contributed by atoms with Crippen molar-refractivity contribution in [2.24, 2.45) is 0 Å². The average Bonchev–Trinajstić information content (AvgIpc) is 3.13. The van der Waals surface area contributed by atoms with E-state index in [4.69, 9.17) is 4.74 Å². The molecule has 0 bridgehead atoms. The Kier molecular flexibility index (Phi) is 5.42. The van der Waals surface area contributed by atoms with E-state index in [2.05, 4.69) is 10.3 Å². The van der Waals surface area contributed by atoms with Crippen LogP contribution in [-0.2, 0) is 19.6 Å². The molecule has 1 unspecified atom stereocenters. The lowest BCUT2D eigenvalue weighted by Gasteiger charge is -2.38. The smallest absolute Gasteiger partial charge is 0.253 e. The van der Waals surface area contributed by atoms with E-state index in [-0.39, 0.29) is 5.91 Å². The largest absolute Gasteiger partial charge is 0.362 e. The van der Waals surface area contributed by atoms with E-state index in [0.29, 0.717) is 42.9 Å². The Morgan fingerprint density at radius 3 is 2.69 bits per heavy atom. The molecule has 1 aromatic heterocycles. The van der Waals surface area contributed by atoms with Crippen LogP contribution in [0.25, 0.3) is 0 Å². The fourth-order valence-corrected chi connectivity index (χ4v) is 5.63. The van der Waals surface area contributed by atoms with Crippen molar-refractivity contribution in [3.05, 3.63) is 54.4 Å². The number of aryl methyl sites for hydroxylation is 1. The minimum absolute atomic E-state index is 0.176. The maximum absolute atomic E-state index is 12.9. The zero-order valence-corrected chi connectivity index (χ0v) is 17.2. The number of rotatable bonds is 4. The summed E-state index contributed by atoms with van der Waals surface area (Å²) in [7, 11) is -3.51. The molecule has 4 rings (SSSR count). The van der Waals surface area contributed by atoms with E-state index in [1.54, 1.807) is 42.7 Å². The number of nitrogens with one attached hydrogen (secondary N) is 1. The van der Waals surface area contributed by atoms with Crippen molar-refractivity contribution < 1.29 is 17.9 Å². The molecule has 1 spiro atoms. The first-order valence-electron chi connectivity index (χ1n) is 9.84. The molecule has 2 aliphatic rings. The predicted octanol–water partition coefficient (Wildman–Crippen LogP) is 2.73. The van der Waals surface area contributed by atoms with E-state index < -0.39 is 21.7 Å². The van der Waals surface area contributed by atoms with Crippen molar-refractivity contribution in [2.75, 3.05) is 18.4 Å². The molecule has 1 amide bonds. The molecule has 1 atom stereocenters. The molecule has 3 heterocycles. The van der Waals surface area contributed by atoms with Crippen LogP contribution in [0.5, 0.6) is 0 Å². The first kappa shape index (κ1) is 20.0. The molecular weight excluding hydrogens is 390 g/mol. The molecular formula is C21H25N3O4S. The van der Waals surface area contributed by atoms with Crippen LogP contribution in [0, 0.1) is 6.92 Å². The number of hydrogen-bond acceptors (Lipinski definition) is 5. The molecule has 154 valence electrons. The Labute approximate surface area is 171 Å². The standard InChI is InChI=1S/C21H25N3O4S/c1-16-4-2-6-18(14-16)29(26,27)24-12-9-21(10-13-24)8-7-19(28-21)20(25)23-17-5-3-11-22-15-17/h2-6,11,14-15,19H,7-10,12-13H2,1H3,(H,23,25). The minimum atomic E-state index is -3.51. The minimum Gasteiger partial charge on any atom is -0.362 e. The van der Waals surface area contributed by atoms with Crippen LogP contribution in [0.2, 0.25) is 0 Å². The molecule has 0 saturated carbocycles. The van der Waals surface area contributed by atoms with Crippen molar-refractivity contribution in [2.45, 2.75) is 49.2 Å². The van der Waals surface area contributed by atoms with E-state index >= 15 is 0 Å². The lowest BCUT2D eigenvalue weighted by atomic mass is 9.89. The monoisotopic (exact) mass is 415 g/mol. The maximum Gasteiger partial charge on any atom is 0.253 e. The van der Waals surface area contributed by atoms with Gasteiger partial charge in [-0.05, 0) is 62.4 Å². The van der Waals surface area contributed by atoms with E-state index in [1.165, 1.54) is 4.31 Å². The second kappa shape index (κ2) is 7.85. The molecule has 2 aliphatic heterocycles. The van der Waals surface area contributed by atoms with Crippen molar-refractivity contribution in [1.29, 1.82) is 0 Å². The molecule has 7 nitrogen and oxygen atoms in total. The van der Waals surface area contributed by atoms with Crippen LogP contribution in [-0.4, -0.2) is 48.4 Å². The normalized spacial score (nSPS) is 21.9. The summed E-state index contributed by atoms with van der Waals surface area (Å²) in [4.78, 5) is 16.8. The number of amides is 1. The maximum atomic E-state index is 12.9. The number of anilines is 1. The van der Waals surface area contributed by atoms with Gasteiger partial charge in [-0.1, -0.05) is 12.1 Å². The first-order chi connectivity index (χ1) is 13.9. The van der Waals surface area contributed by atoms with Gasteiger partial charge in [0.15, 0.2) is 0 Å². The number of pyridine rings is 1. The van der Waals surface area contributed by atoms with Gasteiger partial charge in [-0.25, -0.2) is 8.42 Å². The van der Waals surface area contributed by atoms with Gasteiger partial charge in [0.05, 0.1) is 22.4 Å². The number of ether oxygens (including phenoxy) is 1. The molecule has 2 aromatic rings. The van der Waals surface area contributed by atoms with Crippen molar-refractivity contribution >= 4 is 21.6 Å². The molecule has 0 radical (unpaired) electrons. The van der Waals surface area contributed by atoms with Gasteiger partial charge in [-0.15, -0.1) is 0 Å². The number of nitrogens with zero attached hydrogens (tertiary/aromatic N) is 2. The van der Waals surface area contributed by atoms with Crippen LogP contribution < -0.4 is 5.32 Å². The fourth-order valence-electron chi connectivity index (χ4n) is 4.08. The van der Waals surface area contributed by atoms with Gasteiger partial charge >= 0.3 is 0 Å². The number of benzene rings is 1. The number of carbonyl (C=O) groups excluding carboxylic acids is 1. The summed E-state index contributed by atoms with van der Waals surface area (Å²) >= 11 is 0. The Bertz CT molecular complexity index is 986. The molecule has 0 aliphatic carbocycles. The third-order valence-electron chi connectivity index (χ3n) is 5.74. The van der Waals surface area contributed by atoms with Crippen LogP contribution in [0.1, 0.15) is 31.2 Å². The molecule has 2 saturated heterocycles. The topological polar surface area (TPSA) is 88.6 Å². The highest BCUT2D eigenvalue weighted by molar-refractivity contribution is 7.89. The Morgan fingerprint density at radius 2 is 2.00 bits per heavy atom. The average molecular weight is 416 g/mol. The number of carbonyl (C=O) groups is 1. The Balaban J connectivity index is 1.37. The number of aromatic nitrogens is 1. The zero-order chi connectivity index (χ0) is 20.5. The second-order valence-corrected chi connectivity index (χ2v) is 9.72. The Morgan fingerprint density at radius 1 is 1.21 bits per heavy atom. The summed E-state index contributed by atoms with van der Waals surface area (Å²) < 4.78 is 33.6. The van der Waals surface area contributed by atoms with Crippen molar-refractivity contribution in [1.82, 2.24) is 9.29 Å². The van der Waals surface area contributed by atoms with Crippen LogP contribution >= 0.6 is 0 Å². The SMILES string of the molecule is Cc1cccc(S(=O)(=O)N2CCC3(CCC(C(=O)Nc4cccnc4)O3)CC2)c1. The van der Waals surface area contributed by atoms with E-state index in [9.17, 15) is 13.2 Å². The van der Waals surface area contributed by atoms with Gasteiger partial charge in [0.2, 0.25) is 10.0 Å². The lowest BCUT2D eigenvalue weighted by Crippen LogP contribution is -2.47. The highest BCUT2D eigenvalue weighted by Gasteiger charge is 2.46. The van der Waals surface area contributed by atoms with Gasteiger partial charge in [0.1, 0.15) is 6.10 Å². The summed E-state index contributed by atoms with van der Waals surface area (Å²) in [6.07, 6.45) is 5.30. The predicted molar refractivity (Wildman–Crippen MR) is 109 cm³/mol. The van der Waals surface area contributed by atoms with Crippen LogP contribution in [0.15, 0.2) is 53.7 Å². The third-order valence-corrected chi connectivity index (χ3v) is 7.63. The molecule has 2 fully saturated rings. The summed E-state index contributed by atoms with van der Waals surface area (Å²) in [5.41, 5.74) is 1.14. The fraction of sp³-hybridized carbons (Fsp3) is 0.429. The van der Waals surface area contributed by atoms with Gasteiger partial charge in [-0.2, -0.15) is 4.31 Å². The number of piperidine rings is 1. The summed E-state index contributed by atoms with van der Waals surface area (Å²) in [6.45, 7) is 2.67. The first-order valence-corrected chi connectivity index (χ1v) is 11.3. The number of hydrogen-bond donors (Lipinski definition) is 1. The van der Waals surface area contributed by atoms with Crippen LogP contribution in [0.3, 0.4) is 0 Å². The van der Waals surface area contributed by atoms with Gasteiger partial charge < -0.3 is 10.1 Å². The van der Waals surface area contributed by atoms with Crippen molar-refractivity contribution in [3.8, 4) is 0 Å². The van der Waals surface area contributed by atoms with Crippen molar-refractivity contribution in [3.63, 3.8) is 0 Å². The molecule has 1 N–H and O–H groups in total. The summed E-state index contributed by atoms with van der Waals surface area (Å²) in [5, 5.41) is 2.83. The summed E-state index contributed by atoms with van der Waals surface area (Å²) in [6, 6.07) is 10.5. The van der Waals surface area contributed by atoms with Gasteiger partial charge in [0.25, 0.3) is 5.91 Å².